The molecule has 4 rings (SSSR count). The molecule has 0 spiro atoms. The van der Waals surface area contributed by atoms with Crippen LogP contribution in [0.2, 0.25) is 0 Å². The molecule has 45 heavy (non-hydrogen) atoms. The van der Waals surface area contributed by atoms with E-state index in [0.29, 0.717) is 22.5 Å². The number of nitrogen functional groups attached to an aromatic ring is 1. The summed E-state index contributed by atoms with van der Waals surface area (Å²) >= 11 is 0. The second kappa shape index (κ2) is 13.8. The molecule has 1 aliphatic rings. The third-order valence-electron chi connectivity index (χ3n) is 6.63. The lowest BCUT2D eigenvalue weighted by atomic mass is 10.0. The van der Waals surface area contributed by atoms with Crippen molar-refractivity contribution in [2.45, 2.75) is 51.3 Å². The molecule has 0 saturated heterocycles. The van der Waals surface area contributed by atoms with Gasteiger partial charge < -0.3 is 26.4 Å². The van der Waals surface area contributed by atoms with Gasteiger partial charge in [0.25, 0.3) is 5.91 Å². The molecule has 13 heteroatoms. The van der Waals surface area contributed by atoms with Gasteiger partial charge in [-0.2, -0.15) is 0 Å². The summed E-state index contributed by atoms with van der Waals surface area (Å²) in [7, 11) is -3.47. The topological polar surface area (TPSA) is 192 Å². The van der Waals surface area contributed by atoms with Gasteiger partial charge in [-0.05, 0) is 49.6 Å². The van der Waals surface area contributed by atoms with Gasteiger partial charge in [0.1, 0.15) is 17.7 Å². The second-order valence-corrected chi connectivity index (χ2v) is 13.2. The lowest BCUT2D eigenvalue weighted by molar-refractivity contribution is -0.127. The standard InChI is InChI=1S/C32H37N5O7S/c1-32(2,3)44-31(41)36-26(17-20-9-5-4-6-10-20)30(40)35-25(29(39)34-24-12-8-7-11-23(24)33)18-21-13-15-22(16-14-21)27-19-28(38)37-45(27,42)43/h4-16,19,25-26,42-43H,17-18,33H2,1-3H3,(H,34,39)(H,35,40)(H,36,41)(H,37,38)/t25-,26-/m0/s1. The molecule has 0 fully saturated rings. The molecule has 8 N–H and O–H groups in total. The lowest BCUT2D eigenvalue weighted by Gasteiger charge is -2.29. The van der Waals surface area contributed by atoms with E-state index in [0.717, 1.165) is 11.6 Å². The molecule has 0 radical (unpaired) electrons. The van der Waals surface area contributed by atoms with Crippen LogP contribution in [0.25, 0.3) is 4.91 Å². The van der Waals surface area contributed by atoms with Crippen LogP contribution in [0.1, 0.15) is 37.5 Å². The van der Waals surface area contributed by atoms with Crippen LogP contribution in [0.15, 0.2) is 84.9 Å². The number of benzene rings is 3. The van der Waals surface area contributed by atoms with Gasteiger partial charge in [0, 0.05) is 18.9 Å². The Labute approximate surface area is 262 Å². The molecule has 238 valence electrons. The largest absolute Gasteiger partial charge is 0.444 e. The SMILES string of the molecule is CC(C)(C)OC(=O)N[C@@H](Cc1ccccc1)C(=O)N[C@@H](Cc1ccc(C2=CC(=O)NS2(O)O)cc1)C(=O)Nc1ccccc1N. The van der Waals surface area contributed by atoms with Crippen molar-refractivity contribution in [3.05, 3.63) is 102 Å². The van der Waals surface area contributed by atoms with Crippen LogP contribution in [0.4, 0.5) is 16.2 Å². The minimum atomic E-state index is -3.47. The van der Waals surface area contributed by atoms with Crippen LogP contribution in [-0.2, 0) is 32.0 Å². The predicted octanol–water partition coefficient (Wildman–Crippen LogP) is 4.21. The maximum absolute atomic E-state index is 13.7. The van der Waals surface area contributed by atoms with E-state index in [-0.39, 0.29) is 17.7 Å². The number of amides is 4. The number of ether oxygens (including phenoxy) is 1. The zero-order valence-corrected chi connectivity index (χ0v) is 25.9. The summed E-state index contributed by atoms with van der Waals surface area (Å²) in [6.07, 6.45) is 0.499. The summed E-state index contributed by atoms with van der Waals surface area (Å²) in [5.41, 5.74) is 7.74. The molecule has 3 aromatic rings. The molecule has 2 atom stereocenters. The van der Waals surface area contributed by atoms with Crippen molar-refractivity contribution in [1.29, 1.82) is 0 Å². The number of nitrogens with one attached hydrogen (secondary N) is 4. The fourth-order valence-corrected chi connectivity index (χ4v) is 5.72. The Hall–Kier alpha value is -4.85. The number of hydrogen-bond donors (Lipinski definition) is 7. The molecule has 1 aliphatic heterocycles. The van der Waals surface area contributed by atoms with Crippen LogP contribution in [0, 0.1) is 0 Å². The van der Waals surface area contributed by atoms with Crippen LogP contribution in [-0.4, -0.2) is 50.6 Å². The van der Waals surface area contributed by atoms with Crippen molar-refractivity contribution in [3.8, 4) is 0 Å². The Bertz CT molecular complexity index is 1590. The number of alkyl carbamates (subject to hydrolysis) is 1. The molecule has 1 heterocycles. The zero-order valence-electron chi connectivity index (χ0n) is 25.1. The van der Waals surface area contributed by atoms with Crippen molar-refractivity contribution >= 4 is 50.9 Å². The summed E-state index contributed by atoms with van der Waals surface area (Å²) in [6.45, 7) is 5.12. The Balaban J connectivity index is 1.59. The van der Waals surface area contributed by atoms with Gasteiger partial charge in [-0.3, -0.25) is 23.5 Å². The van der Waals surface area contributed by atoms with E-state index in [1.807, 2.05) is 30.3 Å². The van der Waals surface area contributed by atoms with E-state index in [1.165, 1.54) is 0 Å². The van der Waals surface area contributed by atoms with Crippen LogP contribution < -0.4 is 26.4 Å². The first kappa shape index (κ1) is 33.1. The number of carbonyl (C=O) groups is 4. The smallest absolute Gasteiger partial charge is 0.408 e. The molecule has 12 nitrogen and oxygen atoms in total. The molecule has 0 bridgehead atoms. The minimum Gasteiger partial charge on any atom is -0.444 e. The van der Waals surface area contributed by atoms with E-state index < -0.39 is 52.3 Å². The van der Waals surface area contributed by atoms with E-state index >= 15 is 0 Å². The van der Waals surface area contributed by atoms with Gasteiger partial charge in [-0.25, -0.2) is 9.52 Å². The van der Waals surface area contributed by atoms with E-state index in [4.69, 9.17) is 10.5 Å². The summed E-state index contributed by atoms with van der Waals surface area (Å²) in [6, 6.07) is 20.1. The monoisotopic (exact) mass is 635 g/mol. The first-order chi connectivity index (χ1) is 21.2. The third kappa shape index (κ3) is 9.32. The summed E-state index contributed by atoms with van der Waals surface area (Å²) < 4.78 is 27.9. The number of rotatable bonds is 10. The Morgan fingerprint density at radius 3 is 2.00 bits per heavy atom. The van der Waals surface area contributed by atoms with Gasteiger partial charge in [0.15, 0.2) is 0 Å². The fraction of sp³-hybridized carbons (Fsp3) is 0.250. The number of anilines is 2. The highest BCUT2D eigenvalue weighted by atomic mass is 32.3. The first-order valence-corrected chi connectivity index (χ1v) is 15.6. The van der Waals surface area contributed by atoms with Crippen LogP contribution in [0.3, 0.4) is 0 Å². The number of para-hydroxylation sites is 2. The molecular formula is C32H37N5O7S. The predicted molar refractivity (Wildman–Crippen MR) is 174 cm³/mol. The summed E-state index contributed by atoms with van der Waals surface area (Å²) in [5.74, 6) is -1.78. The normalized spacial score (nSPS) is 15.9. The lowest BCUT2D eigenvalue weighted by Crippen LogP contribution is -2.54. The maximum Gasteiger partial charge on any atom is 0.408 e. The van der Waals surface area contributed by atoms with Gasteiger partial charge >= 0.3 is 6.09 Å². The molecule has 4 amide bonds. The molecular weight excluding hydrogens is 598 g/mol. The highest BCUT2D eigenvalue weighted by molar-refractivity contribution is 8.31. The van der Waals surface area contributed by atoms with Crippen LogP contribution in [0.5, 0.6) is 0 Å². The Morgan fingerprint density at radius 1 is 0.844 bits per heavy atom. The highest BCUT2D eigenvalue weighted by Gasteiger charge is 2.31. The third-order valence-corrected chi connectivity index (χ3v) is 8.08. The zero-order chi connectivity index (χ0) is 32.8. The van der Waals surface area contributed by atoms with Gasteiger partial charge in [-0.15, -0.1) is 0 Å². The highest BCUT2D eigenvalue weighted by Crippen LogP contribution is 2.52. The summed E-state index contributed by atoms with van der Waals surface area (Å²) in [5, 5.41) is 8.17. The number of hydrogen-bond acceptors (Lipinski definition) is 8. The van der Waals surface area contributed by atoms with E-state index in [9.17, 15) is 28.3 Å². The quantitative estimate of drug-likeness (QED) is 0.161. The average molecular weight is 636 g/mol. The number of carbonyl (C=O) groups excluding carboxylic acids is 4. The molecule has 0 aromatic heterocycles. The maximum atomic E-state index is 13.7. The molecule has 0 aliphatic carbocycles. The second-order valence-electron chi connectivity index (χ2n) is 11.5. The van der Waals surface area contributed by atoms with Crippen molar-refractivity contribution in [2.24, 2.45) is 0 Å². The molecule has 0 saturated carbocycles. The minimum absolute atomic E-state index is 0.0293. The van der Waals surface area contributed by atoms with Gasteiger partial charge in [0.05, 0.1) is 16.3 Å². The number of nitrogens with two attached hydrogens (primary N) is 1. The fourth-order valence-electron chi connectivity index (χ4n) is 4.54. The van der Waals surface area contributed by atoms with E-state index in [2.05, 4.69) is 20.7 Å². The van der Waals surface area contributed by atoms with Gasteiger partial charge in [-0.1, -0.05) is 77.5 Å². The first-order valence-electron chi connectivity index (χ1n) is 14.1. The van der Waals surface area contributed by atoms with Crippen molar-refractivity contribution in [2.75, 3.05) is 11.1 Å². The van der Waals surface area contributed by atoms with E-state index in [1.54, 1.807) is 69.3 Å². The van der Waals surface area contributed by atoms with Crippen molar-refractivity contribution < 1.29 is 33.0 Å². The summed E-state index contributed by atoms with van der Waals surface area (Å²) in [4.78, 5) is 51.7. The molecule has 0 unspecified atom stereocenters. The Kier molecular flexibility index (Phi) is 10.2. The van der Waals surface area contributed by atoms with Gasteiger partial charge in [0.2, 0.25) is 11.8 Å². The van der Waals surface area contributed by atoms with Crippen LogP contribution >= 0.6 is 10.8 Å². The Morgan fingerprint density at radius 2 is 1.42 bits per heavy atom. The average Bonchev–Trinajstić information content (AvgIpc) is 3.24. The van der Waals surface area contributed by atoms with Crippen molar-refractivity contribution in [3.63, 3.8) is 0 Å². The molecule has 3 aromatic carbocycles. The van der Waals surface area contributed by atoms with Crippen molar-refractivity contribution in [1.82, 2.24) is 15.4 Å².